The van der Waals surface area contributed by atoms with Crippen LogP contribution >= 0.6 is 34.2 Å². The number of ether oxygens (including phenoxy) is 1. The van der Waals surface area contributed by atoms with E-state index >= 15 is 0 Å². The first-order valence-corrected chi connectivity index (χ1v) is 9.48. The van der Waals surface area contributed by atoms with Crippen LogP contribution in [-0.2, 0) is 6.54 Å². The summed E-state index contributed by atoms with van der Waals surface area (Å²) < 4.78 is 6.23. The number of hydrogen-bond acceptors (Lipinski definition) is 4. The van der Waals surface area contributed by atoms with E-state index in [-0.39, 0.29) is 5.91 Å². The maximum absolute atomic E-state index is 12.9. The summed E-state index contributed by atoms with van der Waals surface area (Å²) in [5, 5.41) is 0.568. The van der Waals surface area contributed by atoms with E-state index in [9.17, 15) is 4.79 Å². The Bertz CT molecular complexity index is 749. The van der Waals surface area contributed by atoms with Crippen LogP contribution in [-0.4, -0.2) is 54.0 Å². The third-order valence-corrected chi connectivity index (χ3v) is 5.77. The first-order chi connectivity index (χ1) is 12.1. The van der Waals surface area contributed by atoms with Crippen LogP contribution in [0.3, 0.4) is 0 Å². The van der Waals surface area contributed by atoms with E-state index in [1.54, 1.807) is 19.2 Å². The highest BCUT2D eigenvalue weighted by Gasteiger charge is 2.25. The largest absolute Gasteiger partial charge is 0.496 e. The SMILES string of the molecule is COc1cc(I)c(Cl)cc1C(=O)N1CCN(Cc2ccccn2)CC1. The van der Waals surface area contributed by atoms with Crippen LogP contribution in [0.1, 0.15) is 16.1 Å². The molecule has 0 radical (unpaired) electrons. The second-order valence-electron chi connectivity index (χ2n) is 5.86. The van der Waals surface area contributed by atoms with Crippen LogP contribution in [0.4, 0.5) is 0 Å². The minimum Gasteiger partial charge on any atom is -0.496 e. The zero-order chi connectivity index (χ0) is 17.8. The molecule has 1 aliphatic heterocycles. The summed E-state index contributed by atoms with van der Waals surface area (Å²) in [7, 11) is 1.57. The van der Waals surface area contributed by atoms with Gasteiger partial charge < -0.3 is 9.64 Å². The van der Waals surface area contributed by atoms with Crippen LogP contribution in [0.15, 0.2) is 36.5 Å². The number of carbonyl (C=O) groups is 1. The summed E-state index contributed by atoms with van der Waals surface area (Å²) in [5.74, 6) is 0.530. The molecule has 3 rings (SSSR count). The quantitative estimate of drug-likeness (QED) is 0.642. The number of methoxy groups -OCH3 is 1. The molecule has 0 atom stereocenters. The predicted octanol–water partition coefficient (Wildman–Crippen LogP) is 3.31. The monoisotopic (exact) mass is 471 g/mol. The Hall–Kier alpha value is -1.38. The summed E-state index contributed by atoms with van der Waals surface area (Å²) in [6, 6.07) is 9.43. The van der Waals surface area contributed by atoms with Gasteiger partial charge in [-0.25, -0.2) is 0 Å². The zero-order valence-corrected chi connectivity index (χ0v) is 16.8. The molecule has 1 aromatic carbocycles. The van der Waals surface area contributed by atoms with Crippen molar-refractivity contribution < 1.29 is 9.53 Å². The molecular weight excluding hydrogens is 453 g/mol. The van der Waals surface area contributed by atoms with E-state index in [0.29, 0.717) is 29.4 Å². The smallest absolute Gasteiger partial charge is 0.257 e. The summed E-state index contributed by atoms with van der Waals surface area (Å²) in [6.07, 6.45) is 1.81. The number of halogens is 2. The average molecular weight is 472 g/mol. The Morgan fingerprint density at radius 2 is 2.04 bits per heavy atom. The first kappa shape index (κ1) is 18.4. The molecule has 0 N–H and O–H groups in total. The van der Waals surface area contributed by atoms with E-state index in [1.807, 2.05) is 29.3 Å². The fourth-order valence-corrected chi connectivity index (χ4v) is 3.47. The fraction of sp³-hybridized carbons (Fsp3) is 0.333. The van der Waals surface area contributed by atoms with Crippen LogP contribution in [0.5, 0.6) is 5.75 Å². The van der Waals surface area contributed by atoms with E-state index in [0.717, 1.165) is 28.9 Å². The van der Waals surface area contributed by atoms with Crippen LogP contribution in [0.25, 0.3) is 0 Å². The summed E-state index contributed by atoms with van der Waals surface area (Å²) >= 11 is 8.32. The molecule has 7 heteroatoms. The molecule has 1 aliphatic rings. The maximum atomic E-state index is 12.9. The van der Waals surface area contributed by atoms with Gasteiger partial charge in [0.1, 0.15) is 5.75 Å². The van der Waals surface area contributed by atoms with Crippen LogP contribution in [0.2, 0.25) is 5.02 Å². The van der Waals surface area contributed by atoms with E-state index < -0.39 is 0 Å². The van der Waals surface area contributed by atoms with Gasteiger partial charge in [0.05, 0.1) is 23.4 Å². The Morgan fingerprint density at radius 1 is 1.28 bits per heavy atom. The fourth-order valence-electron chi connectivity index (χ4n) is 2.86. The highest BCUT2D eigenvalue weighted by Crippen LogP contribution is 2.29. The topological polar surface area (TPSA) is 45.7 Å². The van der Waals surface area contributed by atoms with Crippen molar-refractivity contribution in [1.82, 2.24) is 14.8 Å². The minimum absolute atomic E-state index is 0.0346. The minimum atomic E-state index is -0.0346. The molecule has 132 valence electrons. The second kappa shape index (κ2) is 8.33. The number of nitrogens with zero attached hydrogens (tertiary/aromatic N) is 3. The molecule has 2 heterocycles. The number of benzene rings is 1. The van der Waals surface area contributed by atoms with Gasteiger partial charge in [0.25, 0.3) is 5.91 Å². The Labute approximate surface area is 166 Å². The molecule has 25 heavy (non-hydrogen) atoms. The number of aromatic nitrogens is 1. The second-order valence-corrected chi connectivity index (χ2v) is 7.43. The average Bonchev–Trinajstić information content (AvgIpc) is 2.64. The molecular formula is C18H19ClIN3O2. The molecule has 2 aromatic rings. The van der Waals surface area contributed by atoms with E-state index in [4.69, 9.17) is 16.3 Å². The van der Waals surface area contributed by atoms with Crippen molar-refractivity contribution in [3.8, 4) is 5.75 Å². The number of pyridine rings is 1. The van der Waals surface area contributed by atoms with Gasteiger partial charge in [0.2, 0.25) is 0 Å². The highest BCUT2D eigenvalue weighted by atomic mass is 127. The van der Waals surface area contributed by atoms with Crippen molar-refractivity contribution >= 4 is 40.1 Å². The number of hydrogen-bond donors (Lipinski definition) is 0. The molecule has 0 spiro atoms. The highest BCUT2D eigenvalue weighted by molar-refractivity contribution is 14.1. The standard InChI is InChI=1S/C18H19ClIN3O2/c1-25-17-11-16(20)15(19)10-14(17)18(24)23-8-6-22(7-9-23)12-13-4-2-3-5-21-13/h2-5,10-11H,6-9,12H2,1H3. The summed E-state index contributed by atoms with van der Waals surface area (Å²) in [5.41, 5.74) is 1.57. The summed E-state index contributed by atoms with van der Waals surface area (Å²) in [4.78, 5) is 21.4. The van der Waals surface area contributed by atoms with Gasteiger partial charge in [0.15, 0.2) is 0 Å². The molecule has 0 saturated carbocycles. The predicted molar refractivity (Wildman–Crippen MR) is 106 cm³/mol. The van der Waals surface area contributed by atoms with Gasteiger partial charge in [-0.05, 0) is 46.9 Å². The molecule has 1 aromatic heterocycles. The van der Waals surface area contributed by atoms with E-state index in [2.05, 4.69) is 32.5 Å². The van der Waals surface area contributed by atoms with Crippen LogP contribution < -0.4 is 4.74 Å². The lowest BCUT2D eigenvalue weighted by Gasteiger charge is -2.34. The lowest BCUT2D eigenvalue weighted by Crippen LogP contribution is -2.48. The Balaban J connectivity index is 1.65. The first-order valence-electron chi connectivity index (χ1n) is 8.03. The Kier molecular flexibility index (Phi) is 6.14. The third kappa shape index (κ3) is 4.43. The van der Waals surface area contributed by atoms with Gasteiger partial charge in [-0.2, -0.15) is 0 Å². The van der Waals surface area contributed by atoms with Crippen molar-refractivity contribution in [2.24, 2.45) is 0 Å². The zero-order valence-electron chi connectivity index (χ0n) is 13.9. The number of rotatable bonds is 4. The van der Waals surface area contributed by atoms with Crippen molar-refractivity contribution in [3.05, 3.63) is 56.4 Å². The van der Waals surface area contributed by atoms with Gasteiger partial charge in [-0.3, -0.25) is 14.7 Å². The third-order valence-electron chi connectivity index (χ3n) is 4.24. The molecule has 1 amide bonds. The van der Waals surface area contributed by atoms with Crippen molar-refractivity contribution in [2.75, 3.05) is 33.3 Å². The lowest BCUT2D eigenvalue weighted by atomic mass is 10.1. The normalized spacial score (nSPS) is 15.2. The summed E-state index contributed by atoms with van der Waals surface area (Å²) in [6.45, 7) is 3.81. The molecule has 0 aliphatic carbocycles. The molecule has 1 fully saturated rings. The van der Waals surface area contributed by atoms with Gasteiger partial charge in [-0.15, -0.1) is 0 Å². The van der Waals surface area contributed by atoms with E-state index in [1.165, 1.54) is 0 Å². The lowest BCUT2D eigenvalue weighted by molar-refractivity contribution is 0.0624. The molecule has 0 unspecified atom stereocenters. The number of piperazine rings is 1. The number of amides is 1. The van der Waals surface area contributed by atoms with Crippen molar-refractivity contribution in [2.45, 2.75) is 6.54 Å². The molecule has 5 nitrogen and oxygen atoms in total. The molecule has 0 bridgehead atoms. The maximum Gasteiger partial charge on any atom is 0.257 e. The molecule has 1 saturated heterocycles. The van der Waals surface area contributed by atoms with Gasteiger partial charge in [0, 0.05) is 42.5 Å². The number of carbonyl (C=O) groups excluding carboxylic acids is 1. The van der Waals surface area contributed by atoms with Crippen molar-refractivity contribution in [1.29, 1.82) is 0 Å². The van der Waals surface area contributed by atoms with Crippen LogP contribution in [0, 0.1) is 3.57 Å². The van der Waals surface area contributed by atoms with Gasteiger partial charge >= 0.3 is 0 Å². The van der Waals surface area contributed by atoms with Gasteiger partial charge in [-0.1, -0.05) is 17.7 Å². The van der Waals surface area contributed by atoms with Crippen molar-refractivity contribution in [3.63, 3.8) is 0 Å². The Morgan fingerprint density at radius 3 is 2.68 bits per heavy atom.